The molecule has 2 N–H and O–H groups in total. The van der Waals surface area contributed by atoms with Crippen LogP contribution in [-0.4, -0.2) is 114 Å². The van der Waals surface area contributed by atoms with Gasteiger partial charge in [-0.15, -0.1) is 0 Å². The Morgan fingerprint density at radius 2 is 1.61 bits per heavy atom. The van der Waals surface area contributed by atoms with Crippen molar-refractivity contribution < 1.29 is 49.7 Å². The molecule has 5 rings (SSSR count). The molecule has 4 atom stereocenters. The van der Waals surface area contributed by atoms with E-state index in [1.165, 1.54) is 21.3 Å². The second-order valence-electron chi connectivity index (χ2n) is 10.3. The standard InChI is InChI=1S/C24H27F6N5O5S/c25-23(26,27)22(37,24(28,29)30)15-9-31-21(32-10-15)34-7-6-33(41(38,39)18-4-2-1-3-5-18)11-17(34)12-35-16-8-20(36)19(35)14-40-13-16/h1-5,9-10,16-17,19-20,36-37H,6-8,11-14H2/t16-,17-,19-,20-/m1/s1. The van der Waals surface area contributed by atoms with Crippen molar-refractivity contribution in [2.45, 2.75) is 53.5 Å². The summed E-state index contributed by atoms with van der Waals surface area (Å²) < 4.78 is 114. The van der Waals surface area contributed by atoms with E-state index in [1.54, 1.807) is 18.2 Å². The molecule has 17 heteroatoms. The van der Waals surface area contributed by atoms with Crippen LogP contribution in [0.5, 0.6) is 0 Å². The number of aromatic nitrogens is 2. The average molecular weight is 612 g/mol. The Labute approximate surface area is 231 Å². The second kappa shape index (κ2) is 10.6. The monoisotopic (exact) mass is 611 g/mol. The molecule has 3 aliphatic rings. The number of benzene rings is 1. The first kappa shape index (κ1) is 29.9. The van der Waals surface area contributed by atoms with Crippen LogP contribution in [0, 0.1) is 0 Å². The molecular weight excluding hydrogens is 584 g/mol. The number of piperazine rings is 1. The number of halogens is 6. The first-order valence-electron chi connectivity index (χ1n) is 12.7. The fourth-order valence-electron chi connectivity index (χ4n) is 5.64. The van der Waals surface area contributed by atoms with Crippen molar-refractivity contribution in [1.82, 2.24) is 19.2 Å². The normalized spacial score (nSPS) is 26.9. The van der Waals surface area contributed by atoms with Crippen molar-refractivity contribution in [2.24, 2.45) is 0 Å². The lowest BCUT2D eigenvalue weighted by molar-refractivity contribution is -0.376. The molecule has 2 bridgehead atoms. The van der Waals surface area contributed by atoms with E-state index in [-0.39, 0.29) is 68.1 Å². The predicted octanol–water partition coefficient (Wildman–Crippen LogP) is 1.50. The summed E-state index contributed by atoms with van der Waals surface area (Å²) in [5.41, 5.74) is -6.78. The molecular formula is C24H27F6N5O5S. The van der Waals surface area contributed by atoms with Gasteiger partial charge in [0.25, 0.3) is 5.60 Å². The minimum absolute atomic E-state index is 0.0267. The molecule has 41 heavy (non-hydrogen) atoms. The van der Waals surface area contributed by atoms with Gasteiger partial charge >= 0.3 is 12.4 Å². The molecule has 3 fully saturated rings. The van der Waals surface area contributed by atoms with Gasteiger partial charge in [0.2, 0.25) is 16.0 Å². The van der Waals surface area contributed by atoms with Crippen molar-refractivity contribution in [3.8, 4) is 0 Å². The molecule has 0 amide bonds. The zero-order valence-electron chi connectivity index (χ0n) is 21.3. The maximum atomic E-state index is 13.4. The lowest BCUT2D eigenvalue weighted by Crippen LogP contribution is -2.61. The molecule has 0 spiro atoms. The third-order valence-corrected chi connectivity index (χ3v) is 9.71. The van der Waals surface area contributed by atoms with Gasteiger partial charge in [-0.1, -0.05) is 18.2 Å². The van der Waals surface area contributed by atoms with Gasteiger partial charge in [-0.05, 0) is 18.6 Å². The molecule has 3 saturated heterocycles. The average Bonchev–Trinajstić information content (AvgIpc) is 3.08. The zero-order valence-corrected chi connectivity index (χ0v) is 22.1. The number of anilines is 1. The first-order valence-corrected chi connectivity index (χ1v) is 14.1. The van der Waals surface area contributed by atoms with Crippen LogP contribution in [0.3, 0.4) is 0 Å². The Kier molecular flexibility index (Phi) is 7.74. The number of alkyl halides is 6. The van der Waals surface area contributed by atoms with Gasteiger partial charge in [-0.3, -0.25) is 4.90 Å². The van der Waals surface area contributed by atoms with Crippen LogP contribution in [0.1, 0.15) is 12.0 Å². The second-order valence-corrected chi connectivity index (χ2v) is 12.2. The lowest BCUT2D eigenvalue weighted by Gasteiger charge is -2.45. The molecule has 2 aromatic rings. The van der Waals surface area contributed by atoms with Gasteiger partial charge in [-0.25, -0.2) is 18.4 Å². The minimum Gasteiger partial charge on any atom is -0.391 e. The van der Waals surface area contributed by atoms with Crippen LogP contribution in [0.15, 0.2) is 47.6 Å². The highest BCUT2D eigenvalue weighted by atomic mass is 32.2. The highest BCUT2D eigenvalue weighted by molar-refractivity contribution is 7.89. The van der Waals surface area contributed by atoms with Gasteiger partial charge in [-0.2, -0.15) is 30.6 Å². The van der Waals surface area contributed by atoms with Crippen LogP contribution in [0.4, 0.5) is 32.3 Å². The summed E-state index contributed by atoms with van der Waals surface area (Å²) in [6.07, 6.45) is -11.9. The predicted molar refractivity (Wildman–Crippen MR) is 130 cm³/mol. The number of hydrogen-bond acceptors (Lipinski definition) is 9. The molecule has 1 aromatic heterocycles. The molecule has 1 aromatic carbocycles. The number of ether oxygens (including phenoxy) is 1. The maximum absolute atomic E-state index is 13.4. The number of nitrogens with zero attached hydrogens (tertiary/aromatic N) is 5. The number of rotatable bonds is 6. The van der Waals surface area contributed by atoms with Gasteiger partial charge in [0, 0.05) is 50.2 Å². The minimum atomic E-state index is -6.09. The zero-order chi connectivity index (χ0) is 29.8. The van der Waals surface area contributed by atoms with Crippen LogP contribution < -0.4 is 4.90 Å². The van der Waals surface area contributed by atoms with E-state index in [4.69, 9.17) is 4.74 Å². The summed E-state index contributed by atoms with van der Waals surface area (Å²) in [5, 5.41) is 20.2. The van der Waals surface area contributed by atoms with E-state index in [2.05, 4.69) is 9.97 Å². The number of fused-ring (bicyclic) bond motifs is 2. The van der Waals surface area contributed by atoms with E-state index in [0.29, 0.717) is 13.0 Å². The summed E-state index contributed by atoms with van der Waals surface area (Å²) in [6, 6.07) is 6.48. The van der Waals surface area contributed by atoms with Crippen molar-refractivity contribution in [3.05, 3.63) is 48.3 Å². The van der Waals surface area contributed by atoms with Crippen LogP contribution in [-0.2, 0) is 20.4 Å². The smallest absolute Gasteiger partial charge is 0.391 e. The summed E-state index contributed by atoms with van der Waals surface area (Å²) in [7, 11) is -3.93. The molecule has 226 valence electrons. The first-order chi connectivity index (χ1) is 19.1. The Morgan fingerprint density at radius 3 is 2.20 bits per heavy atom. The highest BCUT2D eigenvalue weighted by Crippen LogP contribution is 2.49. The van der Waals surface area contributed by atoms with Crippen molar-refractivity contribution >= 4 is 16.0 Å². The number of morpholine rings is 1. The summed E-state index contributed by atoms with van der Waals surface area (Å²) >= 11 is 0. The van der Waals surface area contributed by atoms with Gasteiger partial charge < -0.3 is 19.8 Å². The Morgan fingerprint density at radius 1 is 0.976 bits per heavy atom. The quantitative estimate of drug-likeness (QED) is 0.469. The van der Waals surface area contributed by atoms with Gasteiger partial charge in [0.15, 0.2) is 0 Å². The van der Waals surface area contributed by atoms with E-state index >= 15 is 0 Å². The molecule has 3 aliphatic heterocycles. The van der Waals surface area contributed by atoms with Gasteiger partial charge in [0.1, 0.15) is 0 Å². The Bertz CT molecular complexity index is 1320. The van der Waals surface area contributed by atoms with Crippen LogP contribution in [0.2, 0.25) is 0 Å². The van der Waals surface area contributed by atoms with E-state index in [9.17, 15) is 45.0 Å². The number of hydrogen-bond donors (Lipinski definition) is 2. The number of sulfonamides is 1. The molecule has 0 radical (unpaired) electrons. The SMILES string of the molecule is O=S(=O)(c1ccccc1)N1CCN(c2ncc(C(O)(C(F)(F)F)C(F)(F)F)cn2)[C@@H](CN2[C@H]3COC[C@@H]2[C@H](O)C3)C1. The van der Waals surface area contributed by atoms with Crippen molar-refractivity contribution in [1.29, 1.82) is 0 Å². The van der Waals surface area contributed by atoms with Crippen LogP contribution in [0.25, 0.3) is 0 Å². The summed E-state index contributed by atoms with van der Waals surface area (Å²) in [4.78, 5) is 11.1. The summed E-state index contributed by atoms with van der Waals surface area (Å²) in [6.45, 7) is 0.592. The third-order valence-electron chi connectivity index (χ3n) is 7.83. The molecule has 0 unspecified atom stereocenters. The molecule has 10 nitrogen and oxygen atoms in total. The maximum Gasteiger partial charge on any atom is 0.430 e. The topological polar surface area (TPSA) is 119 Å². The van der Waals surface area contributed by atoms with E-state index in [0.717, 1.165) is 0 Å². The van der Waals surface area contributed by atoms with E-state index in [1.807, 2.05) is 4.90 Å². The van der Waals surface area contributed by atoms with Gasteiger partial charge in [0.05, 0.1) is 36.3 Å². The molecule has 0 saturated carbocycles. The summed E-state index contributed by atoms with van der Waals surface area (Å²) in [5.74, 6) is -0.233. The van der Waals surface area contributed by atoms with Crippen molar-refractivity contribution in [3.63, 3.8) is 0 Å². The third kappa shape index (κ3) is 5.27. The largest absolute Gasteiger partial charge is 0.430 e. The molecule has 0 aliphatic carbocycles. The number of aliphatic hydroxyl groups excluding tert-OH is 1. The molecule has 4 heterocycles. The Balaban J connectivity index is 1.46. The highest BCUT2D eigenvalue weighted by Gasteiger charge is 2.71. The van der Waals surface area contributed by atoms with Crippen molar-refractivity contribution in [2.75, 3.05) is 44.3 Å². The number of aliphatic hydroxyl groups is 2. The van der Waals surface area contributed by atoms with E-state index < -0.39 is 45.7 Å². The Hall–Kier alpha value is -2.57. The van der Waals surface area contributed by atoms with Crippen LogP contribution >= 0.6 is 0 Å². The fourth-order valence-corrected chi connectivity index (χ4v) is 7.13. The fraction of sp³-hybridized carbons (Fsp3) is 0.583. The lowest BCUT2D eigenvalue weighted by atomic mass is 9.95.